The highest BCUT2D eigenvalue weighted by Gasteiger charge is 2.17. The first kappa shape index (κ1) is 19.6. The Bertz CT molecular complexity index is 913. The van der Waals surface area contributed by atoms with Gasteiger partial charge in [0.2, 0.25) is 0 Å². The largest absolute Gasteiger partial charge is 0.465 e. The van der Waals surface area contributed by atoms with Crippen molar-refractivity contribution < 1.29 is 14.6 Å². The van der Waals surface area contributed by atoms with Crippen LogP contribution in [0.3, 0.4) is 0 Å². The number of benzene rings is 2. The second kappa shape index (κ2) is 8.76. The quantitative estimate of drug-likeness (QED) is 0.673. The summed E-state index contributed by atoms with van der Waals surface area (Å²) in [6, 6.07) is 15.6. The highest BCUT2D eigenvalue weighted by atomic mass is 16.7. The van der Waals surface area contributed by atoms with Gasteiger partial charge in [0.25, 0.3) is 0 Å². The van der Waals surface area contributed by atoms with E-state index in [1.54, 1.807) is 10.9 Å². The van der Waals surface area contributed by atoms with Gasteiger partial charge in [-0.3, -0.25) is 0 Å². The number of nitrogens with zero attached hydrogens (tertiary/aromatic N) is 3. The van der Waals surface area contributed by atoms with Crippen molar-refractivity contribution in [3.8, 4) is 11.4 Å². The lowest BCUT2D eigenvalue weighted by atomic mass is 10.0. The molecule has 3 aromatic rings. The molecule has 4 rings (SSSR count). The molecule has 152 valence electrons. The molecule has 2 heterocycles. The molecule has 1 saturated heterocycles. The smallest absolute Gasteiger partial charge is 0.199 e. The van der Waals surface area contributed by atoms with Crippen molar-refractivity contribution in [2.45, 2.75) is 51.4 Å². The standard InChI is InChI=1S/C23H27N3O3/c1-16(2)17-6-10-19(11-7-17)26-15-21(24-25-26)23(27)18-8-12-20(13-9-18)29-22-5-3-4-14-28-22/h6-13,15-16,22-23,27H,3-5,14H2,1-2H3. The van der Waals surface area contributed by atoms with Crippen LogP contribution in [0.1, 0.15) is 62.0 Å². The van der Waals surface area contributed by atoms with Gasteiger partial charge in [-0.15, -0.1) is 5.10 Å². The molecule has 2 aromatic carbocycles. The summed E-state index contributed by atoms with van der Waals surface area (Å²) in [7, 11) is 0. The van der Waals surface area contributed by atoms with Crippen molar-refractivity contribution in [2.75, 3.05) is 6.61 Å². The highest BCUT2D eigenvalue weighted by Crippen LogP contribution is 2.25. The minimum absolute atomic E-state index is 0.179. The van der Waals surface area contributed by atoms with Crippen molar-refractivity contribution in [1.29, 1.82) is 0 Å². The predicted octanol–water partition coefficient (Wildman–Crippen LogP) is 4.38. The van der Waals surface area contributed by atoms with Crippen LogP contribution in [0.15, 0.2) is 54.7 Å². The number of ether oxygens (including phenoxy) is 2. The Balaban J connectivity index is 1.43. The van der Waals surface area contributed by atoms with E-state index in [9.17, 15) is 5.11 Å². The second-order valence-corrected chi connectivity index (χ2v) is 7.72. The maximum absolute atomic E-state index is 10.7. The Morgan fingerprint density at radius 3 is 2.41 bits per heavy atom. The molecule has 0 amide bonds. The molecule has 0 spiro atoms. The van der Waals surface area contributed by atoms with Gasteiger partial charge in [-0.2, -0.15) is 0 Å². The summed E-state index contributed by atoms with van der Waals surface area (Å²) in [5, 5.41) is 19.0. The van der Waals surface area contributed by atoms with E-state index in [-0.39, 0.29) is 6.29 Å². The van der Waals surface area contributed by atoms with Crippen molar-refractivity contribution >= 4 is 0 Å². The average Bonchev–Trinajstić information content (AvgIpc) is 3.25. The van der Waals surface area contributed by atoms with Crippen LogP contribution in [0.25, 0.3) is 5.69 Å². The Morgan fingerprint density at radius 1 is 1.03 bits per heavy atom. The van der Waals surface area contributed by atoms with E-state index >= 15 is 0 Å². The van der Waals surface area contributed by atoms with Crippen LogP contribution >= 0.6 is 0 Å². The minimum Gasteiger partial charge on any atom is -0.465 e. The molecule has 2 atom stereocenters. The van der Waals surface area contributed by atoms with Crippen molar-refractivity contribution in [1.82, 2.24) is 15.0 Å². The summed E-state index contributed by atoms with van der Waals surface area (Å²) < 4.78 is 13.1. The van der Waals surface area contributed by atoms with E-state index in [1.807, 2.05) is 36.4 Å². The van der Waals surface area contributed by atoms with Gasteiger partial charge in [-0.05, 0) is 54.2 Å². The Hall–Kier alpha value is -2.70. The third-order valence-corrected chi connectivity index (χ3v) is 5.22. The van der Waals surface area contributed by atoms with E-state index in [4.69, 9.17) is 9.47 Å². The molecule has 1 aliphatic heterocycles. The zero-order chi connectivity index (χ0) is 20.2. The van der Waals surface area contributed by atoms with Gasteiger partial charge in [-0.1, -0.05) is 43.3 Å². The zero-order valence-electron chi connectivity index (χ0n) is 16.9. The Morgan fingerprint density at radius 2 is 1.76 bits per heavy atom. The summed E-state index contributed by atoms with van der Waals surface area (Å²) in [5.74, 6) is 1.22. The number of aromatic nitrogens is 3. The molecule has 0 bridgehead atoms. The van der Waals surface area contributed by atoms with Crippen LogP contribution in [-0.4, -0.2) is 33.0 Å². The average molecular weight is 393 g/mol. The van der Waals surface area contributed by atoms with Gasteiger partial charge in [0, 0.05) is 6.42 Å². The van der Waals surface area contributed by atoms with Gasteiger partial charge in [-0.25, -0.2) is 4.68 Å². The van der Waals surface area contributed by atoms with Gasteiger partial charge >= 0.3 is 0 Å². The Kier molecular flexibility index (Phi) is 5.92. The van der Waals surface area contributed by atoms with E-state index in [1.165, 1.54) is 5.56 Å². The molecule has 1 aromatic heterocycles. The van der Waals surface area contributed by atoms with Gasteiger partial charge in [0.15, 0.2) is 6.29 Å². The fourth-order valence-electron chi connectivity index (χ4n) is 3.40. The molecule has 0 saturated carbocycles. The fraction of sp³-hybridized carbons (Fsp3) is 0.391. The normalized spacial score (nSPS) is 18.0. The van der Waals surface area contributed by atoms with Gasteiger partial charge in [0.05, 0.1) is 18.5 Å². The Labute approximate surface area is 171 Å². The molecule has 29 heavy (non-hydrogen) atoms. The first-order chi connectivity index (χ1) is 14.1. The summed E-state index contributed by atoms with van der Waals surface area (Å²) in [6.07, 6.45) is 3.85. The summed E-state index contributed by atoms with van der Waals surface area (Å²) in [4.78, 5) is 0. The first-order valence-corrected chi connectivity index (χ1v) is 10.2. The van der Waals surface area contributed by atoms with E-state index in [2.05, 4.69) is 36.3 Å². The molecule has 1 N–H and O–H groups in total. The number of hydrogen-bond acceptors (Lipinski definition) is 5. The lowest BCUT2D eigenvalue weighted by Crippen LogP contribution is -2.24. The third-order valence-electron chi connectivity index (χ3n) is 5.22. The van der Waals surface area contributed by atoms with Crippen LogP contribution in [0.2, 0.25) is 0 Å². The topological polar surface area (TPSA) is 69.4 Å². The molecule has 2 unspecified atom stereocenters. The van der Waals surface area contributed by atoms with Crippen LogP contribution in [-0.2, 0) is 4.74 Å². The number of rotatable bonds is 6. The molecule has 1 aliphatic rings. The van der Waals surface area contributed by atoms with Gasteiger partial charge < -0.3 is 14.6 Å². The first-order valence-electron chi connectivity index (χ1n) is 10.2. The molecule has 0 radical (unpaired) electrons. The molecule has 0 aliphatic carbocycles. The molecular formula is C23H27N3O3. The minimum atomic E-state index is -0.848. The van der Waals surface area contributed by atoms with Crippen molar-refractivity contribution in [2.24, 2.45) is 0 Å². The van der Waals surface area contributed by atoms with E-state index in [0.717, 1.165) is 42.9 Å². The third kappa shape index (κ3) is 4.66. The second-order valence-electron chi connectivity index (χ2n) is 7.72. The summed E-state index contributed by atoms with van der Waals surface area (Å²) in [6.45, 7) is 5.08. The SMILES string of the molecule is CC(C)c1ccc(-n2cc(C(O)c3ccc(OC4CCCCO4)cc3)nn2)cc1. The maximum Gasteiger partial charge on any atom is 0.199 e. The monoisotopic (exact) mass is 393 g/mol. The summed E-state index contributed by atoms with van der Waals surface area (Å²) in [5.41, 5.74) is 3.43. The highest BCUT2D eigenvalue weighted by molar-refractivity contribution is 5.36. The number of aliphatic hydroxyl groups is 1. The van der Waals surface area contributed by atoms with Crippen LogP contribution in [0.5, 0.6) is 5.75 Å². The van der Waals surface area contributed by atoms with E-state index < -0.39 is 6.10 Å². The van der Waals surface area contributed by atoms with Crippen LogP contribution in [0.4, 0.5) is 0 Å². The lowest BCUT2D eigenvalue weighted by molar-refractivity contribution is -0.105. The molecule has 1 fully saturated rings. The maximum atomic E-state index is 10.7. The van der Waals surface area contributed by atoms with Gasteiger partial charge in [0.1, 0.15) is 17.5 Å². The van der Waals surface area contributed by atoms with Crippen LogP contribution < -0.4 is 4.74 Å². The van der Waals surface area contributed by atoms with Crippen molar-refractivity contribution in [3.63, 3.8) is 0 Å². The number of hydrogen-bond donors (Lipinski definition) is 1. The predicted molar refractivity (Wildman–Crippen MR) is 110 cm³/mol. The fourth-order valence-corrected chi connectivity index (χ4v) is 3.40. The molecular weight excluding hydrogens is 366 g/mol. The zero-order valence-corrected chi connectivity index (χ0v) is 16.9. The summed E-state index contributed by atoms with van der Waals surface area (Å²) >= 11 is 0. The molecule has 6 heteroatoms. The lowest BCUT2D eigenvalue weighted by Gasteiger charge is -2.23. The number of aliphatic hydroxyl groups excluding tert-OH is 1. The van der Waals surface area contributed by atoms with Crippen LogP contribution in [0, 0.1) is 0 Å². The van der Waals surface area contributed by atoms with E-state index in [0.29, 0.717) is 11.6 Å². The molecule has 6 nitrogen and oxygen atoms in total. The van der Waals surface area contributed by atoms with Crippen molar-refractivity contribution in [3.05, 3.63) is 71.5 Å².